The second-order valence-electron chi connectivity index (χ2n) is 6.77. The molecule has 1 heterocycles. The first kappa shape index (κ1) is 22.5. The molecule has 2 aromatic carbocycles. The first-order valence-electron chi connectivity index (χ1n) is 9.68. The molecule has 0 aliphatic heterocycles. The van der Waals surface area contributed by atoms with Crippen LogP contribution in [0, 0.1) is 13.8 Å². The van der Waals surface area contributed by atoms with E-state index in [-0.39, 0.29) is 17.7 Å². The molecule has 3 rings (SSSR count). The molecule has 0 saturated heterocycles. The largest absolute Gasteiger partial charge is 0.496 e. The summed E-state index contributed by atoms with van der Waals surface area (Å²) >= 11 is 0. The summed E-state index contributed by atoms with van der Waals surface area (Å²) in [5, 5.41) is 6.03. The van der Waals surface area contributed by atoms with Crippen LogP contribution in [0.3, 0.4) is 0 Å². The Morgan fingerprint density at radius 3 is 2.56 bits per heavy atom. The molecule has 2 amide bonds. The molecule has 0 saturated carbocycles. The van der Waals surface area contributed by atoms with Crippen LogP contribution in [0.5, 0.6) is 11.5 Å². The lowest BCUT2D eigenvalue weighted by Gasteiger charge is -2.09. The second kappa shape index (κ2) is 10.3. The number of hydrogen-bond acceptors (Lipinski definition) is 8. The summed E-state index contributed by atoms with van der Waals surface area (Å²) in [5.74, 6) is -0.726. The lowest BCUT2D eigenvalue weighted by Crippen LogP contribution is -2.34. The smallest absolute Gasteiger partial charge is 0.338 e. The predicted octanol–water partition coefficient (Wildman–Crippen LogP) is 2.99. The van der Waals surface area contributed by atoms with Gasteiger partial charge < -0.3 is 18.7 Å². The number of nitrogens with zero attached hydrogens (tertiary/aromatic N) is 1. The Balaban J connectivity index is 1.54. The molecule has 1 N–H and O–H groups in total. The van der Waals surface area contributed by atoms with Crippen LogP contribution in [0.25, 0.3) is 0 Å². The van der Waals surface area contributed by atoms with E-state index in [1.165, 1.54) is 25.3 Å². The fourth-order valence-corrected chi connectivity index (χ4v) is 2.85. The van der Waals surface area contributed by atoms with Gasteiger partial charge in [0.05, 0.1) is 29.5 Å². The molecule has 166 valence electrons. The number of para-hydroxylation sites is 1. The number of nitrogens with one attached hydrogen (secondary N) is 1. The van der Waals surface area contributed by atoms with Gasteiger partial charge in [-0.15, -0.1) is 0 Å². The molecule has 0 aliphatic rings. The van der Waals surface area contributed by atoms with Crippen molar-refractivity contribution >= 4 is 17.8 Å². The number of aryl methyl sites for hydroxylation is 2. The van der Waals surface area contributed by atoms with Crippen LogP contribution in [-0.4, -0.2) is 36.7 Å². The van der Waals surface area contributed by atoms with Crippen molar-refractivity contribution in [2.45, 2.75) is 20.5 Å². The molecule has 0 spiro atoms. The average molecular weight is 438 g/mol. The second-order valence-corrected chi connectivity index (χ2v) is 6.77. The summed E-state index contributed by atoms with van der Waals surface area (Å²) in [6, 6.07) is 12.8. The SMILES string of the molecule is COc1ccccc1C(=O)NC(=O)COC(=O)c1cccc(OCc2c(C)noc2C)c1. The topological polar surface area (TPSA) is 117 Å². The van der Waals surface area contributed by atoms with Crippen LogP contribution < -0.4 is 14.8 Å². The van der Waals surface area contributed by atoms with Gasteiger partial charge in [0.2, 0.25) is 0 Å². The number of hydrogen-bond donors (Lipinski definition) is 1. The fraction of sp³-hybridized carbons (Fsp3) is 0.217. The third-order valence-electron chi connectivity index (χ3n) is 4.57. The van der Waals surface area contributed by atoms with E-state index >= 15 is 0 Å². The van der Waals surface area contributed by atoms with Crippen molar-refractivity contribution in [1.82, 2.24) is 10.5 Å². The monoisotopic (exact) mass is 438 g/mol. The number of rotatable bonds is 8. The minimum atomic E-state index is -0.764. The lowest BCUT2D eigenvalue weighted by molar-refractivity contribution is -0.123. The van der Waals surface area contributed by atoms with Crippen molar-refractivity contribution in [3.63, 3.8) is 0 Å². The van der Waals surface area contributed by atoms with E-state index in [1.54, 1.807) is 37.3 Å². The Bertz CT molecular complexity index is 1120. The van der Waals surface area contributed by atoms with Gasteiger partial charge in [0, 0.05) is 0 Å². The van der Waals surface area contributed by atoms with Crippen LogP contribution in [0.1, 0.15) is 37.7 Å². The highest BCUT2D eigenvalue weighted by Gasteiger charge is 2.17. The highest BCUT2D eigenvalue weighted by Crippen LogP contribution is 2.19. The zero-order chi connectivity index (χ0) is 23.1. The van der Waals surface area contributed by atoms with Crippen molar-refractivity contribution < 1.29 is 33.1 Å². The molecule has 0 aliphatic carbocycles. The zero-order valence-corrected chi connectivity index (χ0v) is 17.8. The Hall–Kier alpha value is -4.14. The number of carbonyl (C=O) groups excluding carboxylic acids is 3. The van der Waals surface area contributed by atoms with Gasteiger partial charge in [-0.3, -0.25) is 14.9 Å². The molecule has 9 nitrogen and oxygen atoms in total. The molecule has 1 aromatic heterocycles. The number of benzene rings is 2. The minimum Gasteiger partial charge on any atom is -0.496 e. The van der Waals surface area contributed by atoms with Gasteiger partial charge in [-0.2, -0.15) is 0 Å². The zero-order valence-electron chi connectivity index (χ0n) is 17.8. The van der Waals surface area contributed by atoms with E-state index in [1.807, 2.05) is 6.92 Å². The van der Waals surface area contributed by atoms with Crippen molar-refractivity contribution in [1.29, 1.82) is 0 Å². The molecule has 32 heavy (non-hydrogen) atoms. The fourth-order valence-electron chi connectivity index (χ4n) is 2.85. The molecular formula is C23H22N2O7. The van der Waals surface area contributed by atoms with E-state index in [0.717, 1.165) is 11.3 Å². The quantitative estimate of drug-likeness (QED) is 0.534. The summed E-state index contributed by atoms with van der Waals surface area (Å²) in [5.41, 5.74) is 1.95. The van der Waals surface area contributed by atoms with Crippen LogP contribution >= 0.6 is 0 Å². The maximum Gasteiger partial charge on any atom is 0.338 e. The number of ether oxygens (including phenoxy) is 3. The Morgan fingerprint density at radius 2 is 1.84 bits per heavy atom. The summed E-state index contributed by atoms with van der Waals surface area (Å²) in [4.78, 5) is 36.6. The van der Waals surface area contributed by atoms with Crippen LogP contribution in [0.4, 0.5) is 0 Å². The van der Waals surface area contributed by atoms with Crippen LogP contribution in [-0.2, 0) is 16.1 Å². The predicted molar refractivity (Wildman–Crippen MR) is 113 cm³/mol. The van der Waals surface area contributed by atoms with Crippen molar-refractivity contribution in [2.75, 3.05) is 13.7 Å². The van der Waals surface area contributed by atoms with E-state index in [0.29, 0.717) is 17.3 Å². The number of imide groups is 1. The highest BCUT2D eigenvalue weighted by molar-refractivity contribution is 6.07. The number of esters is 1. The normalized spacial score (nSPS) is 10.3. The van der Waals surface area contributed by atoms with E-state index in [2.05, 4.69) is 10.5 Å². The van der Waals surface area contributed by atoms with Gasteiger partial charge in [-0.25, -0.2) is 4.79 Å². The highest BCUT2D eigenvalue weighted by atomic mass is 16.5. The lowest BCUT2D eigenvalue weighted by atomic mass is 10.2. The maximum atomic E-state index is 12.3. The Morgan fingerprint density at radius 1 is 1.06 bits per heavy atom. The molecule has 0 bridgehead atoms. The first-order chi connectivity index (χ1) is 15.4. The molecule has 0 atom stereocenters. The van der Waals surface area contributed by atoms with Gasteiger partial charge in [0.1, 0.15) is 23.9 Å². The molecule has 0 unspecified atom stereocenters. The number of aromatic nitrogens is 1. The van der Waals surface area contributed by atoms with Gasteiger partial charge in [0.25, 0.3) is 11.8 Å². The summed E-state index contributed by atoms with van der Waals surface area (Å²) in [6.07, 6.45) is 0. The molecule has 0 radical (unpaired) electrons. The Kier molecular flexibility index (Phi) is 7.22. The summed E-state index contributed by atoms with van der Waals surface area (Å²) in [6.45, 7) is 3.21. The van der Waals surface area contributed by atoms with Gasteiger partial charge >= 0.3 is 5.97 Å². The third kappa shape index (κ3) is 5.51. The van der Waals surface area contributed by atoms with Crippen molar-refractivity contribution in [2.24, 2.45) is 0 Å². The van der Waals surface area contributed by atoms with E-state index in [9.17, 15) is 14.4 Å². The third-order valence-corrected chi connectivity index (χ3v) is 4.57. The maximum absolute atomic E-state index is 12.3. The van der Waals surface area contributed by atoms with Crippen molar-refractivity contribution in [3.05, 3.63) is 76.7 Å². The standard InChI is InChI=1S/C23H22N2O7/c1-14-19(15(2)32-25-14)12-30-17-8-6-7-16(11-17)23(28)31-13-21(26)24-22(27)18-9-4-5-10-20(18)29-3/h4-11H,12-13H2,1-3H3,(H,24,26,27). The average Bonchev–Trinajstić information content (AvgIpc) is 3.13. The Labute approximate surface area is 184 Å². The number of methoxy groups -OCH3 is 1. The van der Waals surface area contributed by atoms with E-state index in [4.69, 9.17) is 18.7 Å². The van der Waals surface area contributed by atoms with Gasteiger partial charge in [-0.1, -0.05) is 23.4 Å². The van der Waals surface area contributed by atoms with Gasteiger partial charge in [-0.05, 0) is 44.2 Å². The molecular weight excluding hydrogens is 416 g/mol. The summed E-state index contributed by atoms with van der Waals surface area (Å²) < 4.78 is 20.9. The molecule has 3 aromatic rings. The number of carbonyl (C=O) groups is 3. The molecule has 0 fully saturated rings. The van der Waals surface area contributed by atoms with Gasteiger partial charge in [0.15, 0.2) is 6.61 Å². The van der Waals surface area contributed by atoms with E-state index < -0.39 is 24.4 Å². The summed E-state index contributed by atoms with van der Waals surface area (Å²) in [7, 11) is 1.42. The van der Waals surface area contributed by atoms with Crippen molar-refractivity contribution in [3.8, 4) is 11.5 Å². The minimum absolute atomic E-state index is 0.192. The first-order valence-corrected chi connectivity index (χ1v) is 9.68. The van der Waals surface area contributed by atoms with Crippen LogP contribution in [0.15, 0.2) is 53.1 Å². The van der Waals surface area contributed by atoms with Crippen LogP contribution in [0.2, 0.25) is 0 Å². The molecule has 9 heteroatoms. The number of amides is 2.